The number of nitrogens with zero attached hydrogens (tertiary/aromatic N) is 1. The highest BCUT2D eigenvalue weighted by molar-refractivity contribution is 6.08. The third-order valence-electron chi connectivity index (χ3n) is 4.57. The number of Topliss-reactive ketones (excluding diaryl/α,β-unsaturated/α-hetero) is 1. The molecule has 158 valence electrons. The molecule has 0 radical (unpaired) electrons. The van der Waals surface area contributed by atoms with Crippen LogP contribution in [0, 0.1) is 13.8 Å². The van der Waals surface area contributed by atoms with Crippen LogP contribution in [0.2, 0.25) is 0 Å². The minimum Gasteiger partial charge on any atom is -0.462 e. The summed E-state index contributed by atoms with van der Waals surface area (Å²) in [5.74, 6) is -2.57. The molecule has 2 N–H and O–H groups in total. The highest BCUT2D eigenvalue weighted by Gasteiger charge is 2.45. The minimum atomic E-state index is -1.19. The quantitative estimate of drug-likeness (QED) is 0.394. The van der Waals surface area contributed by atoms with Gasteiger partial charge in [-0.2, -0.15) is 0 Å². The number of ketones is 1. The lowest BCUT2D eigenvalue weighted by Crippen LogP contribution is -2.41. The van der Waals surface area contributed by atoms with Gasteiger partial charge < -0.3 is 19.8 Å². The summed E-state index contributed by atoms with van der Waals surface area (Å²) in [5, 5.41) is 2.45. The first-order chi connectivity index (χ1) is 13.4. The van der Waals surface area contributed by atoms with Crippen LogP contribution in [0.1, 0.15) is 59.8 Å². The number of aromatic amines is 1. The molecule has 0 aromatic carbocycles. The normalized spacial score (nSPS) is 16.4. The summed E-state index contributed by atoms with van der Waals surface area (Å²) >= 11 is 0. The second-order valence-corrected chi connectivity index (χ2v) is 7.29. The molecule has 1 atom stereocenters. The van der Waals surface area contributed by atoms with Crippen LogP contribution in [0.5, 0.6) is 0 Å². The van der Waals surface area contributed by atoms with Crippen molar-refractivity contribution in [2.45, 2.75) is 53.2 Å². The third kappa shape index (κ3) is 4.30. The van der Waals surface area contributed by atoms with Crippen LogP contribution in [0.25, 0.3) is 0 Å². The smallest absolute Gasteiger partial charge is 0.340 e. The molecule has 1 fully saturated rings. The lowest BCUT2D eigenvalue weighted by atomic mass is 10.1. The maximum atomic E-state index is 12.7. The fraction of sp³-hybridized carbons (Fsp3) is 0.526. The van der Waals surface area contributed by atoms with Crippen molar-refractivity contribution in [2.24, 2.45) is 0 Å². The number of urea groups is 1. The van der Waals surface area contributed by atoms with E-state index in [0.717, 1.165) is 4.90 Å². The van der Waals surface area contributed by atoms with Crippen molar-refractivity contribution in [3.63, 3.8) is 0 Å². The number of carbonyl (C=O) groups is 5. The van der Waals surface area contributed by atoms with Crippen molar-refractivity contribution < 1.29 is 33.4 Å². The highest BCUT2D eigenvalue weighted by Crippen LogP contribution is 2.21. The van der Waals surface area contributed by atoms with Crippen molar-refractivity contribution in [3.8, 4) is 0 Å². The minimum absolute atomic E-state index is 0.127. The molecule has 2 rings (SSSR count). The number of aryl methyl sites for hydroxylation is 1. The van der Waals surface area contributed by atoms with Gasteiger partial charge in [0.05, 0.1) is 17.9 Å². The molecule has 10 nitrogen and oxygen atoms in total. The van der Waals surface area contributed by atoms with Gasteiger partial charge in [0, 0.05) is 5.69 Å². The highest BCUT2D eigenvalue weighted by atomic mass is 16.5. The van der Waals surface area contributed by atoms with Gasteiger partial charge in [-0.15, -0.1) is 0 Å². The van der Waals surface area contributed by atoms with Crippen LogP contribution in [-0.2, 0) is 19.1 Å². The summed E-state index contributed by atoms with van der Waals surface area (Å²) in [4.78, 5) is 64.5. The van der Waals surface area contributed by atoms with Crippen LogP contribution in [0.4, 0.5) is 4.79 Å². The molecule has 3 amide bonds. The number of hydrogen-bond acceptors (Lipinski definition) is 7. The SMILES string of the molecule is CCOC(=O)c1c(C)[nH]c(C(=O)[C@H](C)OC(=O)CN2C(=O)NC(C)(C)C2=O)c1C. The van der Waals surface area contributed by atoms with E-state index >= 15 is 0 Å². The number of imide groups is 1. The fourth-order valence-corrected chi connectivity index (χ4v) is 3.09. The molecule has 1 aromatic heterocycles. The average Bonchev–Trinajstić information content (AvgIpc) is 3.01. The molecule has 2 heterocycles. The van der Waals surface area contributed by atoms with Crippen molar-refractivity contribution in [3.05, 3.63) is 22.5 Å². The van der Waals surface area contributed by atoms with Gasteiger partial charge in [0.1, 0.15) is 12.1 Å². The molecular formula is C19H25N3O7. The van der Waals surface area contributed by atoms with Crippen molar-refractivity contribution >= 4 is 29.7 Å². The lowest BCUT2D eigenvalue weighted by Gasteiger charge is -2.17. The first kappa shape index (κ1) is 22.1. The van der Waals surface area contributed by atoms with Gasteiger partial charge in [0.2, 0.25) is 5.78 Å². The van der Waals surface area contributed by atoms with Crippen molar-refractivity contribution in [1.82, 2.24) is 15.2 Å². The van der Waals surface area contributed by atoms with E-state index in [1.807, 2.05) is 0 Å². The number of amides is 3. The Kier molecular flexibility index (Phi) is 6.15. The molecule has 10 heteroatoms. The number of ether oxygens (including phenoxy) is 2. The number of aromatic nitrogens is 1. The van der Waals surface area contributed by atoms with Crippen LogP contribution >= 0.6 is 0 Å². The van der Waals surface area contributed by atoms with Gasteiger partial charge in [0.15, 0.2) is 6.10 Å². The Labute approximate surface area is 167 Å². The van der Waals surface area contributed by atoms with Gasteiger partial charge in [0.25, 0.3) is 5.91 Å². The summed E-state index contributed by atoms with van der Waals surface area (Å²) < 4.78 is 10.1. The Morgan fingerprint density at radius 3 is 2.31 bits per heavy atom. The zero-order valence-electron chi connectivity index (χ0n) is 17.3. The molecule has 1 aliphatic heterocycles. The van der Waals surface area contributed by atoms with E-state index in [9.17, 15) is 24.0 Å². The summed E-state index contributed by atoms with van der Waals surface area (Å²) in [7, 11) is 0. The van der Waals surface area contributed by atoms with Crippen molar-refractivity contribution in [1.29, 1.82) is 0 Å². The Bertz CT molecular complexity index is 885. The Hall–Kier alpha value is -3.17. The standard InChI is InChI=1S/C19H25N3O7/c1-7-28-16(25)13-9(2)14(20-10(13)3)15(24)11(4)29-12(23)8-22-17(26)19(5,6)21-18(22)27/h11,20H,7-8H2,1-6H3,(H,21,27)/t11-/m0/s1. The second kappa shape index (κ2) is 8.06. The maximum Gasteiger partial charge on any atom is 0.340 e. The molecule has 0 saturated carbocycles. The van der Waals surface area contributed by atoms with Crippen LogP contribution in [0.15, 0.2) is 0 Å². The Balaban J connectivity index is 2.09. The van der Waals surface area contributed by atoms with E-state index < -0.39 is 47.8 Å². The Morgan fingerprint density at radius 1 is 1.17 bits per heavy atom. The predicted molar refractivity (Wildman–Crippen MR) is 100 cm³/mol. The monoisotopic (exact) mass is 407 g/mol. The third-order valence-corrected chi connectivity index (χ3v) is 4.57. The molecular weight excluding hydrogens is 382 g/mol. The van der Waals surface area contributed by atoms with Crippen LogP contribution < -0.4 is 5.32 Å². The van der Waals surface area contributed by atoms with E-state index in [0.29, 0.717) is 11.3 Å². The number of rotatable bonds is 7. The maximum absolute atomic E-state index is 12.7. The van der Waals surface area contributed by atoms with Gasteiger partial charge in [-0.3, -0.25) is 19.3 Å². The van der Waals surface area contributed by atoms with Gasteiger partial charge in [-0.25, -0.2) is 9.59 Å². The summed E-state index contributed by atoms with van der Waals surface area (Å²) in [6.07, 6.45) is -1.19. The summed E-state index contributed by atoms with van der Waals surface area (Å²) in [6.45, 7) is 8.89. The molecule has 1 aromatic rings. The van der Waals surface area contributed by atoms with E-state index in [2.05, 4.69) is 10.3 Å². The lowest BCUT2D eigenvalue weighted by molar-refractivity contribution is -0.149. The van der Waals surface area contributed by atoms with Gasteiger partial charge in [-0.05, 0) is 47.1 Å². The number of esters is 2. The van der Waals surface area contributed by atoms with E-state index in [4.69, 9.17) is 9.47 Å². The predicted octanol–water partition coefficient (Wildman–Crippen LogP) is 1.25. The largest absolute Gasteiger partial charge is 0.462 e. The molecule has 0 aliphatic carbocycles. The number of hydrogen-bond donors (Lipinski definition) is 2. The topological polar surface area (TPSA) is 135 Å². The fourth-order valence-electron chi connectivity index (χ4n) is 3.09. The number of carbonyl (C=O) groups excluding carboxylic acids is 5. The number of H-pyrrole nitrogens is 1. The molecule has 1 saturated heterocycles. The van der Waals surface area contributed by atoms with Crippen LogP contribution in [0.3, 0.4) is 0 Å². The molecule has 1 aliphatic rings. The molecule has 0 spiro atoms. The first-order valence-electron chi connectivity index (χ1n) is 9.14. The second-order valence-electron chi connectivity index (χ2n) is 7.29. The summed E-state index contributed by atoms with van der Waals surface area (Å²) in [5.41, 5.74) is 0.132. The summed E-state index contributed by atoms with van der Waals surface area (Å²) in [6, 6.07) is -0.703. The Morgan fingerprint density at radius 2 is 1.79 bits per heavy atom. The van der Waals surface area contributed by atoms with Gasteiger partial charge in [-0.1, -0.05) is 0 Å². The molecule has 29 heavy (non-hydrogen) atoms. The first-order valence-corrected chi connectivity index (χ1v) is 9.14. The molecule has 0 unspecified atom stereocenters. The van der Waals surface area contributed by atoms with Crippen LogP contribution in [-0.4, -0.2) is 64.3 Å². The van der Waals surface area contributed by atoms with E-state index in [-0.39, 0.29) is 17.9 Å². The molecule has 0 bridgehead atoms. The zero-order chi connectivity index (χ0) is 22.1. The average molecular weight is 407 g/mol. The number of nitrogens with one attached hydrogen (secondary N) is 2. The zero-order valence-corrected chi connectivity index (χ0v) is 17.3. The van der Waals surface area contributed by atoms with Gasteiger partial charge >= 0.3 is 18.0 Å². The van der Waals surface area contributed by atoms with E-state index in [1.165, 1.54) is 20.8 Å². The van der Waals surface area contributed by atoms with Crippen molar-refractivity contribution in [2.75, 3.05) is 13.2 Å². The van der Waals surface area contributed by atoms with E-state index in [1.54, 1.807) is 20.8 Å².